The van der Waals surface area contributed by atoms with Crippen LogP contribution >= 0.6 is 0 Å². The normalized spacial score (nSPS) is 17.4. The molecule has 8 heteroatoms. The molecule has 2 unspecified atom stereocenters. The van der Waals surface area contributed by atoms with E-state index >= 15 is 0 Å². The summed E-state index contributed by atoms with van der Waals surface area (Å²) in [7, 11) is 0. The summed E-state index contributed by atoms with van der Waals surface area (Å²) in [5, 5.41) is 16.9. The zero-order valence-electron chi connectivity index (χ0n) is 19.4. The molecule has 2 amide bonds. The van der Waals surface area contributed by atoms with Crippen molar-refractivity contribution in [2.75, 3.05) is 10.6 Å². The number of aromatic hydroxyl groups is 1. The summed E-state index contributed by atoms with van der Waals surface area (Å²) in [6, 6.07) is 19.2. The molecule has 5 rings (SSSR count). The molecule has 0 spiro atoms. The molecule has 4 aromatic rings. The topological polar surface area (TPSA) is 116 Å². The molecule has 0 radical (unpaired) electrons. The lowest BCUT2D eigenvalue weighted by Crippen LogP contribution is -2.39. The maximum absolute atomic E-state index is 13.2. The highest BCUT2D eigenvalue weighted by Gasteiger charge is 2.33. The minimum Gasteiger partial charge on any atom is -0.507 e. The number of anilines is 2. The number of para-hydroxylation sites is 2. The van der Waals surface area contributed by atoms with Gasteiger partial charge in [0.15, 0.2) is 0 Å². The molecule has 178 valence electrons. The number of hydrogen-bond donors (Lipinski definition) is 5. The number of amides is 2. The number of benzene rings is 3. The van der Waals surface area contributed by atoms with E-state index in [1.165, 1.54) is 0 Å². The van der Waals surface area contributed by atoms with Gasteiger partial charge in [0.25, 0.3) is 5.91 Å². The summed E-state index contributed by atoms with van der Waals surface area (Å²) in [4.78, 5) is 26.3. The molecule has 1 aromatic heterocycles. The molecule has 3 aromatic carbocycles. The summed E-state index contributed by atoms with van der Waals surface area (Å²) >= 11 is 0. The van der Waals surface area contributed by atoms with Gasteiger partial charge in [0.2, 0.25) is 11.7 Å². The Hall–Kier alpha value is -4.14. The van der Waals surface area contributed by atoms with Crippen LogP contribution in [-0.4, -0.2) is 23.0 Å². The lowest BCUT2D eigenvalue weighted by atomic mass is 9.96. The van der Waals surface area contributed by atoms with Crippen LogP contribution in [-0.2, 0) is 4.79 Å². The standard InChI is InChI=1S/C27H26N4O4/c1-15-12-16(2)24(32)19(13-15)20-14-21(31-30-20)26(33)29-23-18-10-6-7-11-22(18)35-25(23)27(34)28-17-8-4-3-5-9-17/h3-13,20-21,30-32H,14H2,1-2H3,(H,28,34)(H,29,33). The lowest BCUT2D eigenvalue weighted by molar-refractivity contribution is -0.117. The molecule has 1 fully saturated rings. The Morgan fingerprint density at radius 2 is 1.71 bits per heavy atom. The minimum absolute atomic E-state index is 0.0258. The van der Waals surface area contributed by atoms with Crippen LogP contribution in [0.4, 0.5) is 11.4 Å². The Morgan fingerprint density at radius 1 is 0.971 bits per heavy atom. The van der Waals surface area contributed by atoms with Crippen LogP contribution < -0.4 is 21.5 Å². The number of carbonyl (C=O) groups excluding carboxylic acids is 2. The van der Waals surface area contributed by atoms with E-state index in [-0.39, 0.29) is 23.5 Å². The van der Waals surface area contributed by atoms with Crippen molar-refractivity contribution in [3.8, 4) is 5.75 Å². The first-order chi connectivity index (χ1) is 16.9. The van der Waals surface area contributed by atoms with E-state index in [2.05, 4.69) is 21.5 Å². The van der Waals surface area contributed by atoms with E-state index in [1.807, 2.05) is 50.2 Å². The molecule has 1 saturated heterocycles. The summed E-state index contributed by atoms with van der Waals surface area (Å²) in [6.45, 7) is 3.82. The molecule has 0 bridgehead atoms. The Morgan fingerprint density at radius 3 is 2.51 bits per heavy atom. The van der Waals surface area contributed by atoms with Crippen LogP contribution in [0.25, 0.3) is 11.0 Å². The van der Waals surface area contributed by atoms with Gasteiger partial charge < -0.3 is 20.2 Å². The second-order valence-corrected chi connectivity index (χ2v) is 8.76. The predicted octanol–water partition coefficient (Wildman–Crippen LogP) is 4.55. The van der Waals surface area contributed by atoms with E-state index in [1.54, 1.807) is 30.3 Å². The SMILES string of the molecule is Cc1cc(C)c(O)c(C2CC(C(=O)Nc3c(C(=O)Nc4ccccc4)oc4ccccc34)NN2)c1. The first kappa shape index (κ1) is 22.6. The van der Waals surface area contributed by atoms with Crippen molar-refractivity contribution in [2.24, 2.45) is 0 Å². The van der Waals surface area contributed by atoms with Crippen molar-refractivity contribution in [3.05, 3.63) is 89.2 Å². The molecule has 2 atom stereocenters. The number of furan rings is 1. The van der Waals surface area contributed by atoms with Crippen molar-refractivity contribution in [2.45, 2.75) is 32.4 Å². The average molecular weight is 471 g/mol. The van der Waals surface area contributed by atoms with E-state index < -0.39 is 11.9 Å². The van der Waals surface area contributed by atoms with Gasteiger partial charge in [-0.1, -0.05) is 48.0 Å². The maximum Gasteiger partial charge on any atom is 0.293 e. The fourth-order valence-corrected chi connectivity index (χ4v) is 4.44. The van der Waals surface area contributed by atoms with Gasteiger partial charge in [-0.25, -0.2) is 10.9 Å². The summed E-state index contributed by atoms with van der Waals surface area (Å²) < 4.78 is 5.83. The van der Waals surface area contributed by atoms with Crippen molar-refractivity contribution >= 4 is 34.2 Å². The zero-order valence-corrected chi connectivity index (χ0v) is 19.4. The molecule has 1 aliphatic rings. The monoisotopic (exact) mass is 470 g/mol. The largest absolute Gasteiger partial charge is 0.507 e. The average Bonchev–Trinajstić information content (AvgIpc) is 3.48. The van der Waals surface area contributed by atoms with Crippen molar-refractivity contribution in [1.29, 1.82) is 0 Å². The Labute approximate surface area is 202 Å². The zero-order chi connectivity index (χ0) is 24.5. The van der Waals surface area contributed by atoms with E-state index in [0.29, 0.717) is 28.8 Å². The van der Waals surface area contributed by atoms with Crippen LogP contribution in [0, 0.1) is 13.8 Å². The van der Waals surface area contributed by atoms with Crippen LogP contribution in [0.1, 0.15) is 39.7 Å². The maximum atomic E-state index is 13.2. The molecule has 1 aliphatic heterocycles. The van der Waals surface area contributed by atoms with Crippen LogP contribution in [0.15, 0.2) is 71.1 Å². The summed E-state index contributed by atoms with van der Waals surface area (Å²) in [5.74, 6) is -0.531. The summed E-state index contributed by atoms with van der Waals surface area (Å²) in [5.41, 5.74) is 10.1. The quantitative estimate of drug-likeness (QED) is 0.292. The van der Waals surface area contributed by atoms with Gasteiger partial charge in [0.1, 0.15) is 23.1 Å². The summed E-state index contributed by atoms with van der Waals surface area (Å²) in [6.07, 6.45) is 0.420. The smallest absolute Gasteiger partial charge is 0.293 e. The van der Waals surface area contributed by atoms with E-state index in [9.17, 15) is 14.7 Å². The third-order valence-electron chi connectivity index (χ3n) is 6.15. The lowest BCUT2D eigenvalue weighted by Gasteiger charge is -2.15. The van der Waals surface area contributed by atoms with Crippen molar-refractivity contribution in [3.63, 3.8) is 0 Å². The van der Waals surface area contributed by atoms with Crippen LogP contribution in [0.2, 0.25) is 0 Å². The first-order valence-corrected chi connectivity index (χ1v) is 11.4. The molecular formula is C27H26N4O4. The molecule has 2 heterocycles. The number of fused-ring (bicyclic) bond motifs is 1. The van der Waals surface area contributed by atoms with Gasteiger partial charge in [0.05, 0.1) is 6.04 Å². The van der Waals surface area contributed by atoms with Crippen LogP contribution in [0.3, 0.4) is 0 Å². The minimum atomic E-state index is -0.584. The number of phenolic OH excluding ortho intramolecular Hbond substituents is 1. The number of carbonyl (C=O) groups is 2. The fraction of sp³-hybridized carbons (Fsp3) is 0.185. The van der Waals surface area contributed by atoms with Gasteiger partial charge in [0, 0.05) is 16.6 Å². The van der Waals surface area contributed by atoms with E-state index in [4.69, 9.17) is 4.42 Å². The second-order valence-electron chi connectivity index (χ2n) is 8.76. The van der Waals surface area contributed by atoms with Gasteiger partial charge in [-0.3, -0.25) is 9.59 Å². The Kier molecular flexibility index (Phi) is 5.98. The van der Waals surface area contributed by atoms with Crippen molar-refractivity contribution in [1.82, 2.24) is 10.9 Å². The fourth-order valence-electron chi connectivity index (χ4n) is 4.44. The van der Waals surface area contributed by atoms with Crippen LogP contribution in [0.5, 0.6) is 5.75 Å². The molecule has 0 aliphatic carbocycles. The third kappa shape index (κ3) is 4.49. The molecule has 8 nitrogen and oxygen atoms in total. The first-order valence-electron chi connectivity index (χ1n) is 11.4. The second kappa shape index (κ2) is 9.25. The third-order valence-corrected chi connectivity index (χ3v) is 6.15. The number of aryl methyl sites for hydroxylation is 2. The Balaban J connectivity index is 1.38. The van der Waals surface area contributed by atoms with Gasteiger partial charge in [-0.15, -0.1) is 0 Å². The number of nitrogens with one attached hydrogen (secondary N) is 4. The molecule has 0 saturated carbocycles. The van der Waals surface area contributed by atoms with Gasteiger partial charge in [-0.2, -0.15) is 0 Å². The molecule has 35 heavy (non-hydrogen) atoms. The number of hydrogen-bond acceptors (Lipinski definition) is 6. The highest BCUT2D eigenvalue weighted by molar-refractivity contribution is 6.15. The van der Waals surface area contributed by atoms with Gasteiger partial charge >= 0.3 is 0 Å². The predicted molar refractivity (Wildman–Crippen MR) is 134 cm³/mol. The Bertz CT molecular complexity index is 1410. The molecular weight excluding hydrogens is 444 g/mol. The number of phenols is 1. The number of rotatable bonds is 5. The molecule has 5 N–H and O–H groups in total. The number of hydrazine groups is 1. The van der Waals surface area contributed by atoms with E-state index in [0.717, 1.165) is 16.7 Å². The van der Waals surface area contributed by atoms with Gasteiger partial charge in [-0.05, 0) is 50.1 Å². The van der Waals surface area contributed by atoms with Crippen molar-refractivity contribution < 1.29 is 19.1 Å². The highest BCUT2D eigenvalue weighted by Crippen LogP contribution is 2.35. The highest BCUT2D eigenvalue weighted by atomic mass is 16.3.